The van der Waals surface area contributed by atoms with Gasteiger partial charge in [-0.15, -0.1) is 0 Å². The summed E-state index contributed by atoms with van der Waals surface area (Å²) in [5, 5.41) is 8.73. The number of rotatable bonds is 5. The van der Waals surface area contributed by atoms with Crippen LogP contribution >= 0.6 is 0 Å². The normalized spacial score (nSPS) is 26.3. The number of hydrogen-bond acceptors (Lipinski definition) is 3. The van der Waals surface area contributed by atoms with Gasteiger partial charge in [-0.3, -0.25) is 4.79 Å². The maximum atomic E-state index is 12.4. The Morgan fingerprint density at radius 1 is 1.29 bits per heavy atom. The molecule has 0 aliphatic carbocycles. The van der Waals surface area contributed by atoms with E-state index in [0.717, 1.165) is 32.5 Å². The molecule has 0 bridgehead atoms. The third-order valence-electron chi connectivity index (χ3n) is 4.81. The van der Waals surface area contributed by atoms with E-state index in [1.807, 2.05) is 16.8 Å². The highest BCUT2D eigenvalue weighted by Gasteiger charge is 2.30. The Balaban J connectivity index is 1.76. The van der Waals surface area contributed by atoms with Crippen LogP contribution in [0.2, 0.25) is 0 Å². The van der Waals surface area contributed by atoms with Crippen LogP contribution in [-0.2, 0) is 4.79 Å². The number of nitrogens with zero attached hydrogens (tertiary/aromatic N) is 3. The molecule has 2 aliphatic rings. The average Bonchev–Trinajstić information content (AvgIpc) is 3.05. The van der Waals surface area contributed by atoms with Gasteiger partial charge < -0.3 is 19.8 Å². The first-order valence-electron chi connectivity index (χ1n) is 7.89. The van der Waals surface area contributed by atoms with E-state index < -0.39 is 5.97 Å². The summed E-state index contributed by atoms with van der Waals surface area (Å²) >= 11 is 0. The second-order valence-electron chi connectivity index (χ2n) is 6.47. The van der Waals surface area contributed by atoms with Crippen molar-refractivity contribution in [2.24, 2.45) is 5.92 Å². The minimum atomic E-state index is -0.749. The molecule has 0 aromatic rings. The topological polar surface area (TPSA) is 64.1 Å². The summed E-state index contributed by atoms with van der Waals surface area (Å²) in [6.07, 6.45) is 4.18. The number of carbonyl (C=O) groups is 2. The predicted molar refractivity (Wildman–Crippen MR) is 80.2 cm³/mol. The first kappa shape index (κ1) is 16.1. The standard InChI is InChI=1S/C15H27N3O3/c1-16-8-3-4-13(16)11-17(2)15(21)18-9-7-12(10-18)5-6-14(19)20/h12-13H,3-11H2,1-2H3,(H,19,20). The van der Waals surface area contributed by atoms with E-state index in [9.17, 15) is 9.59 Å². The number of hydrogen-bond donors (Lipinski definition) is 1. The zero-order valence-electron chi connectivity index (χ0n) is 13.1. The first-order chi connectivity index (χ1) is 9.97. The van der Waals surface area contributed by atoms with Crippen molar-refractivity contribution in [2.45, 2.75) is 38.1 Å². The van der Waals surface area contributed by atoms with Crippen molar-refractivity contribution in [2.75, 3.05) is 40.3 Å². The van der Waals surface area contributed by atoms with E-state index in [4.69, 9.17) is 5.11 Å². The monoisotopic (exact) mass is 297 g/mol. The van der Waals surface area contributed by atoms with Gasteiger partial charge in [0.1, 0.15) is 0 Å². The zero-order chi connectivity index (χ0) is 15.4. The van der Waals surface area contributed by atoms with Gasteiger partial charge in [0.15, 0.2) is 0 Å². The van der Waals surface area contributed by atoms with Crippen LogP contribution in [-0.4, -0.2) is 78.1 Å². The van der Waals surface area contributed by atoms with E-state index in [0.29, 0.717) is 24.9 Å². The summed E-state index contributed by atoms with van der Waals surface area (Å²) < 4.78 is 0. The number of likely N-dealkylation sites (N-methyl/N-ethyl adjacent to an activating group) is 2. The van der Waals surface area contributed by atoms with Gasteiger partial charge in [0.2, 0.25) is 0 Å². The Morgan fingerprint density at radius 3 is 2.67 bits per heavy atom. The molecule has 0 radical (unpaired) electrons. The lowest BCUT2D eigenvalue weighted by atomic mass is 10.0. The molecule has 2 rings (SSSR count). The number of aliphatic carboxylic acids is 1. The number of urea groups is 1. The van der Waals surface area contributed by atoms with E-state index in [1.165, 1.54) is 6.42 Å². The molecule has 2 atom stereocenters. The fourth-order valence-electron chi connectivity index (χ4n) is 3.42. The number of carbonyl (C=O) groups excluding carboxylic acids is 1. The molecule has 1 N–H and O–H groups in total. The van der Waals surface area contributed by atoms with Crippen LogP contribution in [0.3, 0.4) is 0 Å². The summed E-state index contributed by atoms with van der Waals surface area (Å²) in [4.78, 5) is 29.1. The Morgan fingerprint density at radius 2 is 2.05 bits per heavy atom. The van der Waals surface area contributed by atoms with E-state index in [1.54, 1.807) is 0 Å². The second kappa shape index (κ2) is 7.11. The molecule has 6 heteroatoms. The van der Waals surface area contributed by atoms with Gasteiger partial charge in [0.25, 0.3) is 0 Å². The minimum Gasteiger partial charge on any atom is -0.481 e. The molecule has 0 aromatic heterocycles. The Hall–Kier alpha value is -1.30. The average molecular weight is 297 g/mol. The van der Waals surface area contributed by atoms with Crippen LogP contribution in [0.1, 0.15) is 32.1 Å². The molecule has 2 heterocycles. The molecule has 120 valence electrons. The van der Waals surface area contributed by atoms with Gasteiger partial charge in [-0.25, -0.2) is 4.79 Å². The number of amides is 2. The highest BCUT2D eigenvalue weighted by atomic mass is 16.4. The van der Waals surface area contributed by atoms with Gasteiger partial charge in [-0.2, -0.15) is 0 Å². The highest BCUT2D eigenvalue weighted by Crippen LogP contribution is 2.22. The van der Waals surface area contributed by atoms with Gasteiger partial charge in [0, 0.05) is 39.1 Å². The molecule has 6 nitrogen and oxygen atoms in total. The van der Waals surface area contributed by atoms with Crippen LogP contribution in [0.5, 0.6) is 0 Å². The lowest BCUT2D eigenvalue weighted by Crippen LogP contribution is -2.45. The van der Waals surface area contributed by atoms with Crippen molar-refractivity contribution in [1.29, 1.82) is 0 Å². The van der Waals surface area contributed by atoms with Crippen molar-refractivity contribution < 1.29 is 14.7 Å². The second-order valence-corrected chi connectivity index (χ2v) is 6.47. The van der Waals surface area contributed by atoms with E-state index >= 15 is 0 Å². The Bertz CT molecular complexity index is 388. The maximum Gasteiger partial charge on any atom is 0.319 e. The first-order valence-corrected chi connectivity index (χ1v) is 7.89. The van der Waals surface area contributed by atoms with E-state index in [-0.39, 0.29) is 12.5 Å². The largest absolute Gasteiger partial charge is 0.481 e. The fraction of sp³-hybridized carbons (Fsp3) is 0.867. The third kappa shape index (κ3) is 4.33. The van der Waals surface area contributed by atoms with Crippen molar-refractivity contribution in [3.05, 3.63) is 0 Å². The number of carboxylic acid groups (broad SMARTS) is 1. The van der Waals surface area contributed by atoms with Gasteiger partial charge in [0.05, 0.1) is 0 Å². The molecule has 2 fully saturated rings. The molecular formula is C15H27N3O3. The highest BCUT2D eigenvalue weighted by molar-refractivity contribution is 5.74. The molecule has 0 spiro atoms. The number of likely N-dealkylation sites (tertiary alicyclic amines) is 2. The van der Waals surface area contributed by atoms with Crippen LogP contribution < -0.4 is 0 Å². The van der Waals surface area contributed by atoms with Crippen molar-refractivity contribution >= 4 is 12.0 Å². The molecule has 0 saturated carbocycles. The van der Waals surface area contributed by atoms with Crippen molar-refractivity contribution in [1.82, 2.24) is 14.7 Å². The lowest BCUT2D eigenvalue weighted by molar-refractivity contribution is -0.137. The third-order valence-corrected chi connectivity index (χ3v) is 4.81. The molecule has 2 unspecified atom stereocenters. The molecule has 0 aromatic carbocycles. The quantitative estimate of drug-likeness (QED) is 0.831. The summed E-state index contributed by atoms with van der Waals surface area (Å²) in [5.74, 6) is -0.409. The van der Waals surface area contributed by atoms with Crippen LogP contribution in [0, 0.1) is 5.92 Å². The summed E-state index contributed by atoms with van der Waals surface area (Å²) in [6, 6.07) is 0.567. The molecule has 2 saturated heterocycles. The maximum absolute atomic E-state index is 12.4. The predicted octanol–water partition coefficient (Wildman–Crippen LogP) is 1.32. The molecule has 2 aliphatic heterocycles. The summed E-state index contributed by atoms with van der Waals surface area (Å²) in [7, 11) is 3.99. The Kier molecular flexibility index (Phi) is 5.45. The van der Waals surface area contributed by atoms with Crippen LogP contribution in [0.25, 0.3) is 0 Å². The summed E-state index contributed by atoms with van der Waals surface area (Å²) in [6.45, 7) is 3.37. The molecule has 21 heavy (non-hydrogen) atoms. The molecule has 2 amide bonds. The van der Waals surface area contributed by atoms with Crippen LogP contribution in [0.15, 0.2) is 0 Å². The van der Waals surface area contributed by atoms with Gasteiger partial charge >= 0.3 is 12.0 Å². The smallest absolute Gasteiger partial charge is 0.319 e. The minimum absolute atomic E-state index is 0.0909. The molecular weight excluding hydrogens is 270 g/mol. The fourth-order valence-corrected chi connectivity index (χ4v) is 3.42. The van der Waals surface area contributed by atoms with Crippen molar-refractivity contribution in [3.63, 3.8) is 0 Å². The zero-order valence-corrected chi connectivity index (χ0v) is 13.1. The Labute approximate surface area is 126 Å². The number of carboxylic acids is 1. The lowest BCUT2D eigenvalue weighted by Gasteiger charge is -2.29. The van der Waals surface area contributed by atoms with Crippen molar-refractivity contribution in [3.8, 4) is 0 Å². The summed E-state index contributed by atoms with van der Waals surface area (Å²) in [5.41, 5.74) is 0. The van der Waals surface area contributed by atoms with E-state index in [2.05, 4.69) is 11.9 Å². The van der Waals surface area contributed by atoms with Crippen LogP contribution in [0.4, 0.5) is 4.79 Å². The SMILES string of the molecule is CN(CC1CCCN1C)C(=O)N1CCC(CCC(=O)O)C1. The van der Waals surface area contributed by atoms with Gasteiger partial charge in [-0.1, -0.05) is 0 Å². The van der Waals surface area contributed by atoms with Gasteiger partial charge in [-0.05, 0) is 45.2 Å².